The van der Waals surface area contributed by atoms with E-state index >= 15 is 0 Å². The maximum absolute atomic E-state index is 12.1. The van der Waals surface area contributed by atoms with Crippen LogP contribution in [0.25, 0.3) is 11.4 Å². The number of pyridine rings is 1. The Bertz CT molecular complexity index is 1490. The van der Waals surface area contributed by atoms with E-state index in [1.165, 1.54) is 16.0 Å². The molecule has 4 aromatic rings. The zero-order chi connectivity index (χ0) is 29.4. The molecule has 0 radical (unpaired) electrons. The van der Waals surface area contributed by atoms with E-state index < -0.39 is 17.2 Å². The third kappa shape index (κ3) is 5.43. The first-order valence-electron chi connectivity index (χ1n) is 14.1. The molecule has 8 heteroatoms. The SMILES string of the molecule is CC(C)C(C)(c1ccc(OCc2ccccn2)cc1)c1ccc(-c2noc(C3(N(C(=O)O)C(C)(C)C)CC3)n2)cc1. The topological polar surface area (TPSA) is 102 Å². The van der Waals surface area contributed by atoms with Gasteiger partial charge in [0.25, 0.3) is 5.89 Å². The lowest BCUT2D eigenvalue weighted by atomic mass is 9.68. The number of benzene rings is 2. The van der Waals surface area contributed by atoms with Crippen LogP contribution in [0.2, 0.25) is 0 Å². The first-order valence-corrected chi connectivity index (χ1v) is 14.1. The van der Waals surface area contributed by atoms with Crippen LogP contribution in [0.5, 0.6) is 5.75 Å². The Hall–Kier alpha value is -4.20. The Morgan fingerprint density at radius 2 is 1.63 bits per heavy atom. The van der Waals surface area contributed by atoms with Crippen LogP contribution in [0.3, 0.4) is 0 Å². The average molecular weight is 555 g/mol. The van der Waals surface area contributed by atoms with Crippen LogP contribution in [0, 0.1) is 5.92 Å². The molecule has 0 aliphatic heterocycles. The number of amides is 1. The van der Waals surface area contributed by atoms with E-state index in [0.29, 0.717) is 37.1 Å². The first-order chi connectivity index (χ1) is 19.4. The molecule has 5 rings (SSSR count). The molecule has 1 saturated carbocycles. The lowest BCUT2D eigenvalue weighted by Crippen LogP contribution is -2.51. The van der Waals surface area contributed by atoms with E-state index in [9.17, 15) is 9.90 Å². The molecule has 0 bridgehead atoms. The standard InChI is InChI=1S/C33H38N4O4/c1-22(2)32(6,25-14-16-27(17-15-25)40-21-26-9-7-8-20-34-26)24-12-10-23(11-13-24)28-35-29(41-36-28)33(18-19-33)37(30(38)39)31(3,4)5/h7-17,20,22H,18-19,21H2,1-6H3,(H,38,39). The Labute approximate surface area is 241 Å². The van der Waals surface area contributed by atoms with Crippen molar-refractivity contribution in [1.29, 1.82) is 0 Å². The van der Waals surface area contributed by atoms with Gasteiger partial charge in [0.15, 0.2) is 0 Å². The van der Waals surface area contributed by atoms with Gasteiger partial charge in [0, 0.05) is 22.7 Å². The van der Waals surface area contributed by atoms with Crippen molar-refractivity contribution in [1.82, 2.24) is 20.0 Å². The van der Waals surface area contributed by atoms with Gasteiger partial charge in [0.1, 0.15) is 17.9 Å². The van der Waals surface area contributed by atoms with Gasteiger partial charge in [-0.3, -0.25) is 9.88 Å². The normalized spacial score (nSPS) is 15.8. The molecule has 2 heterocycles. The summed E-state index contributed by atoms with van der Waals surface area (Å²) in [6.45, 7) is 12.8. The van der Waals surface area contributed by atoms with Crippen LogP contribution in [-0.2, 0) is 17.6 Å². The molecule has 2 aromatic carbocycles. The van der Waals surface area contributed by atoms with E-state index in [-0.39, 0.29) is 5.41 Å². The summed E-state index contributed by atoms with van der Waals surface area (Å²) in [7, 11) is 0. The van der Waals surface area contributed by atoms with E-state index in [1.807, 2.05) is 63.2 Å². The summed E-state index contributed by atoms with van der Waals surface area (Å²) < 4.78 is 11.6. The average Bonchev–Trinajstić information content (AvgIpc) is 3.55. The van der Waals surface area contributed by atoms with Gasteiger partial charge in [-0.1, -0.05) is 68.4 Å². The van der Waals surface area contributed by atoms with Gasteiger partial charge >= 0.3 is 6.09 Å². The number of hydrogen-bond donors (Lipinski definition) is 1. The third-order valence-electron chi connectivity index (χ3n) is 8.30. The van der Waals surface area contributed by atoms with Crippen LogP contribution in [0.4, 0.5) is 4.79 Å². The van der Waals surface area contributed by atoms with Gasteiger partial charge < -0.3 is 14.4 Å². The Balaban J connectivity index is 1.35. The second kappa shape index (κ2) is 10.7. The Morgan fingerprint density at radius 1 is 1.00 bits per heavy atom. The molecule has 1 amide bonds. The summed E-state index contributed by atoms with van der Waals surface area (Å²) in [5.41, 5.74) is 2.47. The zero-order valence-electron chi connectivity index (χ0n) is 24.6. The maximum atomic E-state index is 12.1. The quantitative estimate of drug-likeness (QED) is 0.229. The highest BCUT2D eigenvalue weighted by Gasteiger charge is 2.59. The van der Waals surface area contributed by atoms with Gasteiger partial charge in [-0.05, 0) is 74.9 Å². The number of ether oxygens (including phenoxy) is 1. The zero-order valence-corrected chi connectivity index (χ0v) is 24.6. The summed E-state index contributed by atoms with van der Waals surface area (Å²) in [6.07, 6.45) is 2.11. The molecule has 1 N–H and O–H groups in total. The molecule has 0 spiro atoms. The van der Waals surface area contributed by atoms with Crippen molar-refractivity contribution in [2.24, 2.45) is 5.92 Å². The first kappa shape index (κ1) is 28.3. The largest absolute Gasteiger partial charge is 0.487 e. The van der Waals surface area contributed by atoms with Crippen LogP contribution >= 0.6 is 0 Å². The number of carboxylic acid groups (broad SMARTS) is 1. The molecule has 8 nitrogen and oxygen atoms in total. The molecule has 1 aliphatic carbocycles. The van der Waals surface area contributed by atoms with Gasteiger partial charge in [-0.25, -0.2) is 4.79 Å². The van der Waals surface area contributed by atoms with Crippen molar-refractivity contribution in [3.63, 3.8) is 0 Å². The van der Waals surface area contributed by atoms with Gasteiger partial charge in [0.2, 0.25) is 5.82 Å². The molecule has 2 aromatic heterocycles. The highest BCUT2D eigenvalue weighted by molar-refractivity contribution is 5.68. The molecule has 1 fully saturated rings. The molecule has 1 unspecified atom stereocenters. The highest BCUT2D eigenvalue weighted by Crippen LogP contribution is 2.53. The predicted octanol–water partition coefficient (Wildman–Crippen LogP) is 7.44. The van der Waals surface area contributed by atoms with E-state index in [1.54, 1.807) is 6.20 Å². The summed E-state index contributed by atoms with van der Waals surface area (Å²) in [6, 6.07) is 22.3. The number of aromatic nitrogens is 3. The Morgan fingerprint density at radius 3 is 2.15 bits per heavy atom. The van der Waals surface area contributed by atoms with Crippen molar-refractivity contribution >= 4 is 6.09 Å². The lowest BCUT2D eigenvalue weighted by molar-refractivity contribution is 0.0463. The fourth-order valence-corrected chi connectivity index (χ4v) is 5.63. The number of carbonyl (C=O) groups is 1. The summed E-state index contributed by atoms with van der Waals surface area (Å²) >= 11 is 0. The van der Waals surface area contributed by atoms with Crippen LogP contribution < -0.4 is 4.74 Å². The van der Waals surface area contributed by atoms with E-state index in [2.05, 4.69) is 60.2 Å². The monoisotopic (exact) mass is 554 g/mol. The summed E-state index contributed by atoms with van der Waals surface area (Å²) in [5.74, 6) is 1.93. The number of nitrogens with zero attached hydrogens (tertiary/aromatic N) is 4. The van der Waals surface area contributed by atoms with Gasteiger partial charge in [-0.2, -0.15) is 4.98 Å². The van der Waals surface area contributed by atoms with Crippen molar-refractivity contribution in [3.8, 4) is 17.1 Å². The minimum absolute atomic E-state index is 0.243. The highest BCUT2D eigenvalue weighted by atomic mass is 16.5. The van der Waals surface area contributed by atoms with Crippen molar-refractivity contribution in [3.05, 3.63) is 95.6 Å². The fourth-order valence-electron chi connectivity index (χ4n) is 5.63. The molecule has 1 atom stereocenters. The lowest BCUT2D eigenvalue weighted by Gasteiger charge is -2.38. The third-order valence-corrected chi connectivity index (χ3v) is 8.30. The maximum Gasteiger partial charge on any atom is 0.408 e. The van der Waals surface area contributed by atoms with Crippen molar-refractivity contribution in [2.75, 3.05) is 0 Å². The molecule has 1 aliphatic rings. The number of rotatable bonds is 9. The van der Waals surface area contributed by atoms with E-state index in [4.69, 9.17) is 9.26 Å². The van der Waals surface area contributed by atoms with Crippen molar-refractivity contribution < 1.29 is 19.2 Å². The molecule has 41 heavy (non-hydrogen) atoms. The van der Waals surface area contributed by atoms with Crippen LogP contribution in [0.1, 0.15) is 77.1 Å². The molecule has 0 saturated heterocycles. The molecular formula is C33H38N4O4. The minimum Gasteiger partial charge on any atom is -0.487 e. The smallest absolute Gasteiger partial charge is 0.408 e. The van der Waals surface area contributed by atoms with Gasteiger partial charge in [-0.15, -0.1) is 0 Å². The van der Waals surface area contributed by atoms with E-state index in [0.717, 1.165) is 17.0 Å². The summed E-state index contributed by atoms with van der Waals surface area (Å²) in [4.78, 5) is 22.6. The van der Waals surface area contributed by atoms with Gasteiger partial charge in [0.05, 0.1) is 5.69 Å². The Kier molecular flexibility index (Phi) is 7.36. The second-order valence-corrected chi connectivity index (χ2v) is 12.3. The molecule has 214 valence electrons. The van der Waals surface area contributed by atoms with Crippen molar-refractivity contribution in [2.45, 2.75) is 77.5 Å². The van der Waals surface area contributed by atoms with Crippen LogP contribution in [-0.4, -0.2) is 36.8 Å². The minimum atomic E-state index is -0.986. The number of hydrogen-bond acceptors (Lipinski definition) is 6. The fraction of sp³-hybridized carbons (Fsp3) is 0.394. The molecular weight excluding hydrogens is 516 g/mol. The second-order valence-electron chi connectivity index (χ2n) is 12.3. The summed E-state index contributed by atoms with van der Waals surface area (Å²) in [5, 5.41) is 14.2. The predicted molar refractivity (Wildman–Crippen MR) is 157 cm³/mol. The van der Waals surface area contributed by atoms with Crippen LogP contribution in [0.15, 0.2) is 77.4 Å².